The second kappa shape index (κ2) is 29.0. The molecule has 0 heterocycles. The standard InChI is InChI=1S/C24H38O12/c1-27-7-9-29-11-13-31-15-17-33-19-21-35-23(25)5-3-4-6-24(26)36-22-20-34-18-16-32-14-12-30-10-8-28-2/h7-22H2,1-2H3. The van der Waals surface area contributed by atoms with Crippen molar-refractivity contribution in [3.63, 3.8) is 0 Å². The van der Waals surface area contributed by atoms with Gasteiger partial charge in [0.05, 0.1) is 92.5 Å². The van der Waals surface area contributed by atoms with Crippen LogP contribution in [0.2, 0.25) is 0 Å². The van der Waals surface area contributed by atoms with Crippen LogP contribution < -0.4 is 0 Å². The third-order valence-electron chi connectivity index (χ3n) is 3.66. The minimum atomic E-state index is -0.775. The first kappa shape index (κ1) is 33.7. The van der Waals surface area contributed by atoms with Crippen molar-refractivity contribution < 1.29 is 57.0 Å². The lowest BCUT2D eigenvalue weighted by Gasteiger charge is -2.06. The number of esters is 2. The fourth-order valence-corrected chi connectivity index (χ4v) is 1.99. The average molecular weight is 519 g/mol. The average Bonchev–Trinajstić information content (AvgIpc) is 2.88. The van der Waals surface area contributed by atoms with E-state index in [1.807, 2.05) is 0 Å². The molecule has 0 N–H and O–H groups in total. The summed E-state index contributed by atoms with van der Waals surface area (Å²) >= 11 is 0. The zero-order chi connectivity index (χ0) is 26.4. The number of rotatable bonds is 24. The van der Waals surface area contributed by atoms with Gasteiger partial charge >= 0.3 is 11.9 Å². The summed E-state index contributed by atoms with van der Waals surface area (Å²) in [5.41, 5.74) is 0. The lowest BCUT2D eigenvalue weighted by Crippen LogP contribution is -2.14. The van der Waals surface area contributed by atoms with Gasteiger partial charge in [0.2, 0.25) is 0 Å². The van der Waals surface area contributed by atoms with Crippen LogP contribution in [0.15, 0.2) is 0 Å². The van der Waals surface area contributed by atoms with Crippen molar-refractivity contribution in [3.8, 4) is 23.7 Å². The highest BCUT2D eigenvalue weighted by atomic mass is 16.6. The Hall–Kier alpha value is -2.26. The summed E-state index contributed by atoms with van der Waals surface area (Å²) in [7, 11) is 3.22. The molecule has 0 saturated heterocycles. The van der Waals surface area contributed by atoms with Crippen LogP contribution in [0, 0.1) is 23.7 Å². The molecule has 0 aliphatic carbocycles. The van der Waals surface area contributed by atoms with Crippen LogP contribution in [0.5, 0.6) is 0 Å². The largest absolute Gasteiger partial charge is 0.454 e. The Balaban J connectivity index is 3.51. The number of methoxy groups -OCH3 is 2. The van der Waals surface area contributed by atoms with Crippen molar-refractivity contribution in [1.29, 1.82) is 0 Å². The quantitative estimate of drug-likeness (QED) is 0.0706. The number of carbonyl (C=O) groups is 2. The van der Waals surface area contributed by atoms with Crippen LogP contribution in [-0.4, -0.2) is 132 Å². The molecule has 12 nitrogen and oxygen atoms in total. The van der Waals surface area contributed by atoms with E-state index in [0.29, 0.717) is 79.3 Å². The lowest BCUT2D eigenvalue weighted by molar-refractivity contribution is -0.139. The Bertz CT molecular complexity index is 591. The Morgan fingerprint density at radius 2 is 0.667 bits per heavy atom. The van der Waals surface area contributed by atoms with Gasteiger partial charge in [-0.1, -0.05) is 0 Å². The van der Waals surface area contributed by atoms with Crippen LogP contribution >= 0.6 is 0 Å². The van der Waals surface area contributed by atoms with E-state index in [9.17, 15) is 9.59 Å². The Labute approximate surface area is 213 Å². The number of hydrogen-bond donors (Lipinski definition) is 0. The fraction of sp³-hybridized carbons (Fsp3) is 0.750. The normalized spacial score (nSPS) is 10.2. The maximum absolute atomic E-state index is 11.4. The van der Waals surface area contributed by atoms with Gasteiger partial charge in [-0.15, -0.1) is 0 Å². The van der Waals surface area contributed by atoms with E-state index >= 15 is 0 Å². The van der Waals surface area contributed by atoms with Gasteiger partial charge in [0, 0.05) is 26.1 Å². The van der Waals surface area contributed by atoms with E-state index in [4.69, 9.17) is 47.4 Å². The topological polar surface area (TPSA) is 126 Å². The summed E-state index contributed by atoms with van der Waals surface area (Å²) < 4.78 is 51.0. The predicted octanol–water partition coefficient (Wildman–Crippen LogP) is -0.528. The number of hydrogen-bond acceptors (Lipinski definition) is 12. The molecule has 0 aliphatic rings. The minimum Gasteiger partial charge on any atom is -0.454 e. The SMILES string of the molecule is COCCOCCOCCOCCOC(=O)C#CC#CC(=O)OCCOCCOCCOCCOC. The van der Waals surface area contributed by atoms with Gasteiger partial charge in [-0.3, -0.25) is 0 Å². The summed E-state index contributed by atoms with van der Waals surface area (Å²) in [6.45, 7) is 6.05. The van der Waals surface area contributed by atoms with Gasteiger partial charge in [0.15, 0.2) is 0 Å². The van der Waals surface area contributed by atoms with Gasteiger partial charge in [-0.2, -0.15) is 0 Å². The molecule has 0 aromatic rings. The first-order valence-corrected chi connectivity index (χ1v) is 11.5. The third kappa shape index (κ3) is 28.0. The van der Waals surface area contributed by atoms with Crippen molar-refractivity contribution in [2.45, 2.75) is 0 Å². The predicted molar refractivity (Wildman–Crippen MR) is 126 cm³/mol. The molecule has 0 aromatic carbocycles. The lowest BCUT2D eigenvalue weighted by atomic mass is 10.5. The molecule has 0 unspecified atom stereocenters. The second-order valence-electron chi connectivity index (χ2n) is 6.43. The molecule has 36 heavy (non-hydrogen) atoms. The smallest absolute Gasteiger partial charge is 0.385 e. The van der Waals surface area contributed by atoms with E-state index in [-0.39, 0.29) is 26.4 Å². The maximum Gasteiger partial charge on any atom is 0.385 e. The van der Waals surface area contributed by atoms with Crippen molar-refractivity contribution in [2.75, 3.05) is 120 Å². The van der Waals surface area contributed by atoms with Crippen molar-refractivity contribution in [3.05, 3.63) is 0 Å². The zero-order valence-corrected chi connectivity index (χ0v) is 21.2. The van der Waals surface area contributed by atoms with E-state index in [1.54, 1.807) is 14.2 Å². The van der Waals surface area contributed by atoms with E-state index in [0.717, 1.165) is 0 Å². The second-order valence-corrected chi connectivity index (χ2v) is 6.43. The van der Waals surface area contributed by atoms with Crippen molar-refractivity contribution >= 4 is 11.9 Å². The van der Waals surface area contributed by atoms with E-state index < -0.39 is 11.9 Å². The molecule has 0 amide bonds. The van der Waals surface area contributed by atoms with Crippen LogP contribution in [0.3, 0.4) is 0 Å². The fourth-order valence-electron chi connectivity index (χ4n) is 1.99. The maximum atomic E-state index is 11.4. The third-order valence-corrected chi connectivity index (χ3v) is 3.66. The molecule has 12 heteroatoms. The molecular weight excluding hydrogens is 480 g/mol. The Morgan fingerprint density at radius 3 is 0.944 bits per heavy atom. The first-order chi connectivity index (χ1) is 17.7. The molecule has 0 saturated carbocycles. The monoisotopic (exact) mass is 518 g/mol. The molecule has 0 aromatic heterocycles. The molecule has 0 atom stereocenters. The van der Waals surface area contributed by atoms with Gasteiger partial charge in [-0.25, -0.2) is 9.59 Å². The molecular formula is C24H38O12. The molecule has 0 spiro atoms. The molecule has 0 aliphatic heterocycles. The van der Waals surface area contributed by atoms with Gasteiger partial charge in [-0.05, 0) is 11.8 Å². The molecule has 0 rings (SSSR count). The Kier molecular flexibility index (Phi) is 27.2. The van der Waals surface area contributed by atoms with Crippen molar-refractivity contribution in [2.24, 2.45) is 0 Å². The van der Waals surface area contributed by atoms with Gasteiger partial charge in [0.25, 0.3) is 0 Å². The highest BCUT2D eigenvalue weighted by Gasteiger charge is 1.98. The highest BCUT2D eigenvalue weighted by Crippen LogP contribution is 1.85. The van der Waals surface area contributed by atoms with E-state index in [2.05, 4.69) is 23.7 Å². The van der Waals surface area contributed by atoms with E-state index in [1.165, 1.54) is 0 Å². The summed E-state index contributed by atoms with van der Waals surface area (Å²) in [5, 5.41) is 0. The number of carbonyl (C=O) groups excluding carboxylic acids is 2. The minimum absolute atomic E-state index is 0.0380. The molecule has 0 fully saturated rings. The van der Waals surface area contributed by atoms with Crippen molar-refractivity contribution in [1.82, 2.24) is 0 Å². The summed E-state index contributed by atoms with van der Waals surface area (Å²) in [6, 6.07) is 0. The Morgan fingerprint density at radius 1 is 0.417 bits per heavy atom. The number of ether oxygens (including phenoxy) is 10. The van der Waals surface area contributed by atoms with Gasteiger partial charge < -0.3 is 47.4 Å². The van der Waals surface area contributed by atoms with Crippen LogP contribution in [-0.2, 0) is 57.0 Å². The van der Waals surface area contributed by atoms with Gasteiger partial charge in [0.1, 0.15) is 13.2 Å². The summed E-state index contributed by atoms with van der Waals surface area (Å²) in [4.78, 5) is 22.9. The summed E-state index contributed by atoms with van der Waals surface area (Å²) in [5.74, 6) is 7.18. The molecule has 0 bridgehead atoms. The first-order valence-electron chi connectivity index (χ1n) is 11.5. The van der Waals surface area contributed by atoms with Crippen LogP contribution in [0.1, 0.15) is 0 Å². The molecule has 0 radical (unpaired) electrons. The highest BCUT2D eigenvalue weighted by molar-refractivity contribution is 5.91. The van der Waals surface area contributed by atoms with Crippen LogP contribution in [0.4, 0.5) is 0 Å². The molecule has 206 valence electrons. The van der Waals surface area contributed by atoms with Crippen LogP contribution in [0.25, 0.3) is 0 Å². The summed E-state index contributed by atoms with van der Waals surface area (Å²) in [6.07, 6.45) is 0. The zero-order valence-electron chi connectivity index (χ0n) is 21.2.